The minimum atomic E-state index is -0.0147. The molecule has 2 rings (SSSR count). The van der Waals surface area contributed by atoms with Crippen LogP contribution in [0.15, 0.2) is 17.2 Å². The van der Waals surface area contributed by atoms with Gasteiger partial charge in [0.1, 0.15) is 0 Å². The van der Waals surface area contributed by atoms with Gasteiger partial charge in [-0.2, -0.15) is 0 Å². The maximum absolute atomic E-state index is 12.2. The van der Waals surface area contributed by atoms with Gasteiger partial charge in [-0.3, -0.25) is 4.79 Å². The van der Waals surface area contributed by atoms with E-state index in [0.717, 1.165) is 39.0 Å². The van der Waals surface area contributed by atoms with Gasteiger partial charge in [-0.05, 0) is 19.3 Å². The molecule has 1 fully saturated rings. The third kappa shape index (κ3) is 5.04. The summed E-state index contributed by atoms with van der Waals surface area (Å²) in [7, 11) is 3.53. The van der Waals surface area contributed by atoms with Gasteiger partial charge < -0.3 is 19.5 Å². The third-order valence-corrected chi connectivity index (χ3v) is 4.54. The first-order chi connectivity index (χ1) is 11.2. The topological polar surface area (TPSA) is 59.4 Å². The number of rotatable bonds is 8. The summed E-state index contributed by atoms with van der Waals surface area (Å²) in [5, 5.41) is 3.73. The Kier molecular flexibility index (Phi) is 7.05. The average molecular weight is 322 g/mol. The van der Waals surface area contributed by atoms with Crippen molar-refractivity contribution in [2.45, 2.75) is 51.1 Å². The van der Waals surface area contributed by atoms with Crippen LogP contribution >= 0.6 is 0 Å². The fraction of sp³-hybridized carbons (Fsp3) is 0.765. The Balaban J connectivity index is 1.87. The number of hydrogen-bond donors (Lipinski definition) is 1. The van der Waals surface area contributed by atoms with Crippen molar-refractivity contribution in [3.63, 3.8) is 0 Å². The summed E-state index contributed by atoms with van der Waals surface area (Å²) < 4.78 is 6.92. The number of ether oxygens (including phenoxy) is 1. The number of anilines is 1. The van der Waals surface area contributed by atoms with Crippen LogP contribution in [0.4, 0.5) is 5.82 Å². The minimum Gasteiger partial charge on any atom is -0.383 e. The van der Waals surface area contributed by atoms with Crippen LogP contribution in [0.5, 0.6) is 0 Å². The number of hydrogen-bond acceptors (Lipinski definition) is 5. The van der Waals surface area contributed by atoms with Crippen molar-refractivity contribution in [1.29, 1.82) is 0 Å². The van der Waals surface area contributed by atoms with Crippen LogP contribution in [0.1, 0.15) is 39.0 Å². The van der Waals surface area contributed by atoms with E-state index in [0.29, 0.717) is 17.9 Å². The molecule has 0 spiro atoms. The van der Waals surface area contributed by atoms with Crippen LogP contribution in [0.2, 0.25) is 0 Å². The molecular weight excluding hydrogens is 292 g/mol. The van der Waals surface area contributed by atoms with E-state index >= 15 is 0 Å². The summed E-state index contributed by atoms with van der Waals surface area (Å²) >= 11 is 0. The molecule has 1 atom stereocenters. The van der Waals surface area contributed by atoms with Gasteiger partial charge in [0, 0.05) is 51.7 Å². The highest BCUT2D eigenvalue weighted by Gasteiger charge is 2.23. The number of piperidine rings is 1. The summed E-state index contributed by atoms with van der Waals surface area (Å²) in [6.45, 7) is 4.73. The fourth-order valence-electron chi connectivity index (χ4n) is 3.16. The van der Waals surface area contributed by atoms with Crippen LogP contribution < -0.4 is 15.8 Å². The first-order valence-corrected chi connectivity index (χ1v) is 8.67. The summed E-state index contributed by atoms with van der Waals surface area (Å²) in [5.74, 6) is 0.577. The molecule has 1 aliphatic heterocycles. The predicted molar refractivity (Wildman–Crippen MR) is 93.0 cm³/mol. The van der Waals surface area contributed by atoms with Crippen molar-refractivity contribution >= 4 is 5.82 Å². The zero-order valence-electron chi connectivity index (χ0n) is 14.6. The van der Waals surface area contributed by atoms with E-state index in [1.165, 1.54) is 12.8 Å². The molecular formula is C17H30N4O2. The standard InChI is InChI=1S/C17H30N4O2/c1-4-5-6-15(13-23-3)19-14-7-10-21(11-8-14)16-17(22)20(2)12-9-18-16/h9,12,14-15,19H,4-8,10-11,13H2,1-3H3/t15-/m1/s1. The second-order valence-electron chi connectivity index (χ2n) is 6.39. The van der Waals surface area contributed by atoms with E-state index in [9.17, 15) is 4.79 Å². The Morgan fingerprint density at radius 3 is 2.83 bits per heavy atom. The fourth-order valence-corrected chi connectivity index (χ4v) is 3.16. The SMILES string of the molecule is CCCC[C@H](COC)NC1CCN(c2nccn(C)c2=O)CC1. The number of unbranched alkanes of at least 4 members (excludes halogenated alkanes) is 1. The molecule has 23 heavy (non-hydrogen) atoms. The summed E-state index contributed by atoms with van der Waals surface area (Å²) in [4.78, 5) is 18.5. The molecule has 1 saturated heterocycles. The first kappa shape index (κ1) is 17.9. The molecule has 0 aliphatic carbocycles. The van der Waals surface area contributed by atoms with Crippen molar-refractivity contribution in [3.05, 3.63) is 22.7 Å². The second-order valence-corrected chi connectivity index (χ2v) is 6.39. The maximum atomic E-state index is 12.2. The molecule has 6 heteroatoms. The Bertz CT molecular complexity index is 524. The van der Waals surface area contributed by atoms with Gasteiger partial charge in [0.15, 0.2) is 5.82 Å². The van der Waals surface area contributed by atoms with Gasteiger partial charge in [-0.25, -0.2) is 4.98 Å². The molecule has 0 aromatic carbocycles. The average Bonchev–Trinajstić information content (AvgIpc) is 2.56. The number of aromatic nitrogens is 2. The molecule has 1 aromatic rings. The van der Waals surface area contributed by atoms with Gasteiger partial charge in [0.05, 0.1) is 6.61 Å². The predicted octanol–water partition coefficient (Wildman–Crippen LogP) is 1.54. The highest BCUT2D eigenvalue weighted by atomic mass is 16.5. The lowest BCUT2D eigenvalue weighted by molar-refractivity contribution is 0.152. The normalized spacial score (nSPS) is 17.4. The van der Waals surface area contributed by atoms with Crippen molar-refractivity contribution in [2.75, 3.05) is 31.7 Å². The number of nitrogens with one attached hydrogen (secondary N) is 1. The highest BCUT2D eigenvalue weighted by Crippen LogP contribution is 2.16. The van der Waals surface area contributed by atoms with E-state index in [1.807, 2.05) is 0 Å². The maximum Gasteiger partial charge on any atom is 0.293 e. The van der Waals surface area contributed by atoms with Gasteiger partial charge in [-0.15, -0.1) is 0 Å². The largest absolute Gasteiger partial charge is 0.383 e. The monoisotopic (exact) mass is 322 g/mol. The lowest BCUT2D eigenvalue weighted by atomic mass is 10.0. The zero-order chi connectivity index (χ0) is 16.7. The van der Waals surface area contributed by atoms with E-state index in [1.54, 1.807) is 31.1 Å². The van der Waals surface area contributed by atoms with E-state index < -0.39 is 0 Å². The second kappa shape index (κ2) is 9.03. The van der Waals surface area contributed by atoms with Crippen LogP contribution in [0.3, 0.4) is 0 Å². The molecule has 6 nitrogen and oxygen atoms in total. The number of methoxy groups -OCH3 is 1. The lowest BCUT2D eigenvalue weighted by Gasteiger charge is -2.34. The Hall–Kier alpha value is -1.40. The van der Waals surface area contributed by atoms with E-state index in [-0.39, 0.29) is 5.56 Å². The Morgan fingerprint density at radius 2 is 2.17 bits per heavy atom. The van der Waals surface area contributed by atoms with Crippen LogP contribution in [-0.4, -0.2) is 48.4 Å². The van der Waals surface area contributed by atoms with Crippen LogP contribution in [0, 0.1) is 0 Å². The summed E-state index contributed by atoms with van der Waals surface area (Å²) in [5.41, 5.74) is -0.0147. The summed E-state index contributed by atoms with van der Waals surface area (Å²) in [6, 6.07) is 0.926. The molecule has 1 aliphatic rings. The molecule has 0 radical (unpaired) electrons. The smallest absolute Gasteiger partial charge is 0.293 e. The quantitative estimate of drug-likeness (QED) is 0.787. The lowest BCUT2D eigenvalue weighted by Crippen LogP contribution is -2.48. The van der Waals surface area contributed by atoms with Crippen molar-refractivity contribution in [2.24, 2.45) is 7.05 Å². The minimum absolute atomic E-state index is 0.0147. The molecule has 1 N–H and O–H groups in total. The third-order valence-electron chi connectivity index (χ3n) is 4.54. The van der Waals surface area contributed by atoms with Crippen LogP contribution in [0.25, 0.3) is 0 Å². The molecule has 0 saturated carbocycles. The van der Waals surface area contributed by atoms with Gasteiger partial charge in [-0.1, -0.05) is 19.8 Å². The number of nitrogens with zero attached hydrogens (tertiary/aromatic N) is 3. The molecule has 0 amide bonds. The van der Waals surface area contributed by atoms with E-state index in [4.69, 9.17) is 4.74 Å². The zero-order valence-corrected chi connectivity index (χ0v) is 14.6. The van der Waals surface area contributed by atoms with E-state index in [2.05, 4.69) is 22.1 Å². The first-order valence-electron chi connectivity index (χ1n) is 8.67. The van der Waals surface area contributed by atoms with Gasteiger partial charge in [0.25, 0.3) is 5.56 Å². The van der Waals surface area contributed by atoms with Crippen molar-refractivity contribution < 1.29 is 4.74 Å². The van der Waals surface area contributed by atoms with Crippen molar-refractivity contribution in [3.8, 4) is 0 Å². The molecule has 0 bridgehead atoms. The molecule has 2 heterocycles. The number of aryl methyl sites for hydroxylation is 1. The highest BCUT2D eigenvalue weighted by molar-refractivity contribution is 5.36. The van der Waals surface area contributed by atoms with Gasteiger partial charge >= 0.3 is 0 Å². The Morgan fingerprint density at radius 1 is 1.43 bits per heavy atom. The molecule has 0 unspecified atom stereocenters. The van der Waals surface area contributed by atoms with Crippen LogP contribution in [-0.2, 0) is 11.8 Å². The Labute approximate surface area is 138 Å². The van der Waals surface area contributed by atoms with Gasteiger partial charge in [0.2, 0.25) is 0 Å². The molecule has 1 aromatic heterocycles. The van der Waals surface area contributed by atoms with Crippen molar-refractivity contribution in [1.82, 2.24) is 14.9 Å². The molecule has 130 valence electrons. The summed E-state index contributed by atoms with van der Waals surface area (Å²) in [6.07, 6.45) is 9.06.